The minimum atomic E-state index is -0.00456. The first-order chi connectivity index (χ1) is 8.49. The quantitative estimate of drug-likeness (QED) is 0.797. The van der Waals surface area contributed by atoms with Crippen molar-refractivity contribution in [3.8, 4) is 0 Å². The minimum Gasteiger partial charge on any atom is -0.374 e. The van der Waals surface area contributed by atoms with Gasteiger partial charge in [-0.25, -0.2) is 0 Å². The van der Waals surface area contributed by atoms with Crippen molar-refractivity contribution >= 4 is 5.91 Å². The Labute approximate surface area is 110 Å². The molecule has 2 rings (SSSR count). The second-order valence-corrected chi connectivity index (χ2v) is 6.12. The second-order valence-electron chi connectivity index (χ2n) is 6.12. The molecule has 4 nitrogen and oxygen atoms in total. The van der Waals surface area contributed by atoms with E-state index in [0.29, 0.717) is 17.9 Å². The SMILES string of the molecule is CC1OC(C)C(C(=O)NCC2CCC(N)C2)C1C. The van der Waals surface area contributed by atoms with Gasteiger partial charge in [0.1, 0.15) is 0 Å². The number of carbonyl (C=O) groups is 1. The highest BCUT2D eigenvalue weighted by Crippen LogP contribution is 2.32. The molecular weight excluding hydrogens is 228 g/mol. The molecule has 1 aliphatic carbocycles. The zero-order chi connectivity index (χ0) is 13.3. The van der Waals surface area contributed by atoms with Gasteiger partial charge in [-0.2, -0.15) is 0 Å². The summed E-state index contributed by atoms with van der Waals surface area (Å²) in [4.78, 5) is 12.2. The highest BCUT2D eigenvalue weighted by molar-refractivity contribution is 5.79. The van der Waals surface area contributed by atoms with E-state index in [9.17, 15) is 4.79 Å². The van der Waals surface area contributed by atoms with Crippen molar-refractivity contribution in [1.82, 2.24) is 5.32 Å². The standard InChI is InChI=1S/C14H26N2O2/c1-8-9(2)18-10(3)13(8)14(17)16-7-11-4-5-12(15)6-11/h8-13H,4-7,15H2,1-3H3,(H,16,17). The third-order valence-electron chi connectivity index (χ3n) is 4.69. The molecule has 1 aliphatic heterocycles. The van der Waals surface area contributed by atoms with Crippen LogP contribution in [0.4, 0.5) is 0 Å². The summed E-state index contributed by atoms with van der Waals surface area (Å²) in [6, 6.07) is 0.333. The van der Waals surface area contributed by atoms with E-state index in [2.05, 4.69) is 12.2 Å². The lowest BCUT2D eigenvalue weighted by Crippen LogP contribution is -2.39. The van der Waals surface area contributed by atoms with E-state index in [1.54, 1.807) is 0 Å². The molecule has 3 N–H and O–H groups in total. The van der Waals surface area contributed by atoms with Crippen LogP contribution in [0.1, 0.15) is 40.0 Å². The molecule has 104 valence electrons. The van der Waals surface area contributed by atoms with E-state index in [-0.39, 0.29) is 24.0 Å². The highest BCUT2D eigenvalue weighted by Gasteiger charge is 2.41. The van der Waals surface area contributed by atoms with E-state index in [1.807, 2.05) is 13.8 Å². The van der Waals surface area contributed by atoms with Gasteiger partial charge in [-0.05, 0) is 44.9 Å². The Morgan fingerprint density at radius 3 is 2.50 bits per heavy atom. The zero-order valence-electron chi connectivity index (χ0n) is 11.7. The van der Waals surface area contributed by atoms with E-state index < -0.39 is 0 Å². The number of nitrogens with one attached hydrogen (secondary N) is 1. The molecule has 18 heavy (non-hydrogen) atoms. The average Bonchev–Trinajstić information content (AvgIpc) is 2.82. The second kappa shape index (κ2) is 5.57. The molecule has 1 saturated heterocycles. The monoisotopic (exact) mass is 254 g/mol. The molecule has 2 aliphatic rings. The van der Waals surface area contributed by atoms with Crippen LogP contribution in [0.2, 0.25) is 0 Å². The van der Waals surface area contributed by atoms with Gasteiger partial charge >= 0.3 is 0 Å². The molecule has 6 atom stereocenters. The van der Waals surface area contributed by atoms with E-state index in [0.717, 1.165) is 25.8 Å². The number of hydrogen-bond acceptors (Lipinski definition) is 3. The van der Waals surface area contributed by atoms with Crippen LogP contribution in [0.3, 0.4) is 0 Å². The fraction of sp³-hybridized carbons (Fsp3) is 0.929. The summed E-state index contributed by atoms with van der Waals surface area (Å²) in [7, 11) is 0. The molecule has 0 aromatic rings. The van der Waals surface area contributed by atoms with Crippen molar-refractivity contribution in [2.24, 2.45) is 23.5 Å². The first-order valence-electron chi connectivity index (χ1n) is 7.17. The topological polar surface area (TPSA) is 64.3 Å². The Kier molecular flexibility index (Phi) is 4.28. The molecule has 0 aromatic heterocycles. The van der Waals surface area contributed by atoms with Crippen molar-refractivity contribution in [3.05, 3.63) is 0 Å². The Balaban J connectivity index is 1.81. The summed E-state index contributed by atoms with van der Waals surface area (Å²) in [5, 5.41) is 3.09. The van der Waals surface area contributed by atoms with Crippen LogP contribution in [0.15, 0.2) is 0 Å². The predicted octanol–water partition coefficient (Wildman–Crippen LogP) is 1.29. The molecule has 1 amide bonds. The smallest absolute Gasteiger partial charge is 0.226 e. The van der Waals surface area contributed by atoms with Gasteiger partial charge in [0.15, 0.2) is 0 Å². The van der Waals surface area contributed by atoms with Gasteiger partial charge in [-0.15, -0.1) is 0 Å². The molecule has 0 spiro atoms. The van der Waals surface area contributed by atoms with Crippen LogP contribution in [0.5, 0.6) is 0 Å². The summed E-state index contributed by atoms with van der Waals surface area (Å²) < 4.78 is 5.72. The van der Waals surface area contributed by atoms with Gasteiger partial charge in [0.25, 0.3) is 0 Å². The number of ether oxygens (including phenoxy) is 1. The minimum absolute atomic E-state index is 0.00456. The van der Waals surface area contributed by atoms with E-state index >= 15 is 0 Å². The normalized spacial score (nSPS) is 44.2. The fourth-order valence-electron chi connectivity index (χ4n) is 3.38. The summed E-state index contributed by atoms with van der Waals surface area (Å²) in [5.41, 5.74) is 5.88. The number of nitrogens with two attached hydrogens (primary N) is 1. The molecule has 0 radical (unpaired) electrons. The molecule has 1 heterocycles. The lowest BCUT2D eigenvalue weighted by atomic mass is 9.88. The van der Waals surface area contributed by atoms with Crippen LogP contribution in [0.25, 0.3) is 0 Å². The Hall–Kier alpha value is -0.610. The molecule has 0 bridgehead atoms. The van der Waals surface area contributed by atoms with Gasteiger partial charge in [0.05, 0.1) is 18.1 Å². The van der Waals surface area contributed by atoms with Crippen LogP contribution in [0, 0.1) is 17.8 Å². The molecule has 0 aromatic carbocycles. The number of rotatable bonds is 3. The largest absolute Gasteiger partial charge is 0.374 e. The van der Waals surface area contributed by atoms with Gasteiger partial charge < -0.3 is 15.8 Å². The van der Waals surface area contributed by atoms with Crippen LogP contribution >= 0.6 is 0 Å². The first-order valence-corrected chi connectivity index (χ1v) is 7.17. The lowest BCUT2D eigenvalue weighted by molar-refractivity contribution is -0.127. The van der Waals surface area contributed by atoms with Crippen molar-refractivity contribution in [2.45, 2.75) is 58.3 Å². The van der Waals surface area contributed by atoms with Crippen LogP contribution in [-0.2, 0) is 9.53 Å². The molecular formula is C14H26N2O2. The van der Waals surface area contributed by atoms with Crippen molar-refractivity contribution in [3.63, 3.8) is 0 Å². The van der Waals surface area contributed by atoms with Crippen molar-refractivity contribution in [1.29, 1.82) is 0 Å². The third-order valence-corrected chi connectivity index (χ3v) is 4.69. The Bertz CT molecular complexity index is 308. The predicted molar refractivity (Wildman–Crippen MR) is 71.0 cm³/mol. The van der Waals surface area contributed by atoms with Crippen LogP contribution < -0.4 is 11.1 Å². The van der Waals surface area contributed by atoms with E-state index in [1.165, 1.54) is 0 Å². The first kappa shape index (κ1) is 13.8. The fourth-order valence-corrected chi connectivity index (χ4v) is 3.38. The van der Waals surface area contributed by atoms with Crippen LogP contribution in [-0.4, -0.2) is 30.7 Å². The van der Waals surface area contributed by atoms with Gasteiger partial charge in [0, 0.05) is 12.6 Å². The average molecular weight is 254 g/mol. The number of amides is 1. The third kappa shape index (κ3) is 2.86. The lowest BCUT2D eigenvalue weighted by Gasteiger charge is -2.19. The summed E-state index contributed by atoms with van der Waals surface area (Å²) >= 11 is 0. The van der Waals surface area contributed by atoms with Gasteiger partial charge in [0.2, 0.25) is 5.91 Å². The van der Waals surface area contributed by atoms with E-state index in [4.69, 9.17) is 10.5 Å². The maximum atomic E-state index is 12.2. The zero-order valence-corrected chi connectivity index (χ0v) is 11.7. The number of hydrogen-bond donors (Lipinski definition) is 2. The summed E-state index contributed by atoms with van der Waals surface area (Å²) in [6.07, 6.45) is 3.49. The molecule has 4 heteroatoms. The maximum Gasteiger partial charge on any atom is 0.226 e. The van der Waals surface area contributed by atoms with Gasteiger partial charge in [-0.1, -0.05) is 6.92 Å². The number of carbonyl (C=O) groups excluding carboxylic acids is 1. The van der Waals surface area contributed by atoms with Crippen molar-refractivity contribution in [2.75, 3.05) is 6.54 Å². The van der Waals surface area contributed by atoms with Gasteiger partial charge in [-0.3, -0.25) is 4.79 Å². The summed E-state index contributed by atoms with van der Waals surface area (Å²) in [6.45, 7) is 6.92. The Morgan fingerprint density at radius 2 is 2.00 bits per heavy atom. The molecule has 2 fully saturated rings. The molecule has 1 saturated carbocycles. The summed E-state index contributed by atoms with van der Waals surface area (Å²) in [5.74, 6) is 1.01. The van der Waals surface area contributed by atoms with Crippen molar-refractivity contribution < 1.29 is 9.53 Å². The Morgan fingerprint density at radius 1 is 1.28 bits per heavy atom. The molecule has 6 unspecified atom stereocenters. The maximum absolute atomic E-state index is 12.2. The highest BCUT2D eigenvalue weighted by atomic mass is 16.5.